The minimum absolute atomic E-state index is 0.542. The van der Waals surface area contributed by atoms with Gasteiger partial charge in [-0.15, -0.1) is 0 Å². The van der Waals surface area contributed by atoms with E-state index in [1.165, 1.54) is 0 Å². The van der Waals surface area contributed by atoms with E-state index in [1.807, 2.05) is 6.07 Å². The molecular weight excluding hydrogens is 184 g/mol. The second-order valence-corrected chi connectivity index (χ2v) is 2.61. The van der Waals surface area contributed by atoms with E-state index >= 15 is 0 Å². The molecule has 0 aliphatic heterocycles. The molecule has 0 unspecified atom stereocenters. The Hall–Kier alpha value is -2.04. The summed E-state index contributed by atoms with van der Waals surface area (Å²) >= 11 is 0. The Bertz CT molecular complexity index is 324. The molecule has 0 radical (unpaired) electrons. The van der Waals surface area contributed by atoms with Gasteiger partial charge in [0, 0.05) is 0 Å². The maximum absolute atomic E-state index is 10.9. The van der Waals surface area contributed by atoms with Gasteiger partial charge in [-0.25, -0.2) is 0 Å². The van der Waals surface area contributed by atoms with Crippen LogP contribution in [0.3, 0.4) is 0 Å². The van der Waals surface area contributed by atoms with Crippen molar-refractivity contribution in [2.75, 3.05) is 5.43 Å². The van der Waals surface area contributed by atoms with E-state index in [0.29, 0.717) is 5.69 Å². The van der Waals surface area contributed by atoms with Crippen molar-refractivity contribution in [3.8, 4) is 0 Å². The van der Waals surface area contributed by atoms with Gasteiger partial charge in [0.05, 0.1) is 5.69 Å². The molecule has 1 rings (SSSR count). The summed E-state index contributed by atoms with van der Waals surface area (Å²) in [7, 11) is 0. The molecule has 3 N–H and O–H groups in total. The molecule has 1 aromatic rings. The topological polar surface area (TPSA) is 78.4 Å². The van der Waals surface area contributed by atoms with Crippen molar-refractivity contribution in [3.05, 3.63) is 30.3 Å². The van der Waals surface area contributed by atoms with Crippen molar-refractivity contribution in [1.82, 2.24) is 5.43 Å². The molecule has 0 fully saturated rings. The monoisotopic (exact) mass is 194 g/mol. The lowest BCUT2D eigenvalue weighted by atomic mass is 10.3. The first-order chi connectivity index (χ1) is 6.68. The summed E-state index contributed by atoms with van der Waals surface area (Å²) in [5.74, 6) is -1.74. The molecule has 5 nitrogen and oxygen atoms in total. The zero-order valence-corrected chi connectivity index (χ0v) is 7.36. The maximum Gasteiger partial charge on any atom is 0.312 e. The Morgan fingerprint density at radius 3 is 2.43 bits per heavy atom. The van der Waals surface area contributed by atoms with Crippen LogP contribution in [0.5, 0.6) is 0 Å². The van der Waals surface area contributed by atoms with Gasteiger partial charge in [0.2, 0.25) is 5.91 Å². The number of rotatable bonds is 4. The minimum atomic E-state index is -1.16. The smallest absolute Gasteiger partial charge is 0.312 e. The van der Waals surface area contributed by atoms with Gasteiger partial charge in [-0.1, -0.05) is 18.2 Å². The van der Waals surface area contributed by atoms with Crippen LogP contribution in [0.2, 0.25) is 0 Å². The molecule has 74 valence electrons. The summed E-state index contributed by atoms with van der Waals surface area (Å²) in [6.45, 7) is 0. The van der Waals surface area contributed by atoms with Gasteiger partial charge in [-0.3, -0.25) is 20.4 Å². The van der Waals surface area contributed by atoms with Crippen molar-refractivity contribution >= 4 is 17.6 Å². The van der Waals surface area contributed by atoms with E-state index in [1.54, 1.807) is 24.3 Å². The molecule has 0 aliphatic carbocycles. The molecular formula is C9H10N2O3. The van der Waals surface area contributed by atoms with Crippen LogP contribution >= 0.6 is 0 Å². The highest BCUT2D eigenvalue weighted by molar-refractivity contribution is 5.93. The van der Waals surface area contributed by atoms with Crippen molar-refractivity contribution in [2.24, 2.45) is 0 Å². The van der Waals surface area contributed by atoms with Gasteiger partial charge in [0.25, 0.3) is 0 Å². The lowest BCUT2D eigenvalue weighted by Gasteiger charge is -2.06. The molecule has 5 heteroatoms. The number of hydrogen-bond acceptors (Lipinski definition) is 3. The van der Waals surface area contributed by atoms with Crippen LogP contribution in [-0.2, 0) is 9.59 Å². The largest absolute Gasteiger partial charge is 0.481 e. The third-order valence-electron chi connectivity index (χ3n) is 1.43. The van der Waals surface area contributed by atoms with E-state index in [4.69, 9.17) is 5.11 Å². The number of nitrogens with one attached hydrogen (secondary N) is 2. The molecule has 0 aromatic heterocycles. The molecule has 1 aromatic carbocycles. The summed E-state index contributed by atoms with van der Waals surface area (Å²) in [5, 5.41) is 8.29. The molecule has 14 heavy (non-hydrogen) atoms. The van der Waals surface area contributed by atoms with Gasteiger partial charge in [-0.2, -0.15) is 0 Å². The van der Waals surface area contributed by atoms with Crippen LogP contribution in [0, 0.1) is 0 Å². The van der Waals surface area contributed by atoms with Crippen molar-refractivity contribution < 1.29 is 14.7 Å². The Morgan fingerprint density at radius 1 is 1.21 bits per heavy atom. The van der Waals surface area contributed by atoms with Crippen molar-refractivity contribution in [2.45, 2.75) is 6.42 Å². The number of hydrogen-bond donors (Lipinski definition) is 3. The molecule has 0 saturated carbocycles. The number of carbonyl (C=O) groups is 2. The summed E-state index contributed by atoms with van der Waals surface area (Å²) in [6.07, 6.45) is -0.542. The van der Waals surface area contributed by atoms with Crippen molar-refractivity contribution in [3.63, 3.8) is 0 Å². The maximum atomic E-state index is 10.9. The van der Waals surface area contributed by atoms with Gasteiger partial charge >= 0.3 is 5.97 Å². The fraction of sp³-hybridized carbons (Fsp3) is 0.111. The zero-order valence-electron chi connectivity index (χ0n) is 7.36. The third kappa shape index (κ3) is 3.57. The van der Waals surface area contributed by atoms with Crippen LogP contribution < -0.4 is 10.9 Å². The number of hydrazine groups is 1. The predicted octanol–water partition coefficient (Wildman–Crippen LogP) is 0.604. The van der Waals surface area contributed by atoms with E-state index < -0.39 is 18.3 Å². The van der Waals surface area contributed by atoms with Crippen LogP contribution in [-0.4, -0.2) is 17.0 Å². The number of anilines is 1. The lowest BCUT2D eigenvalue weighted by Crippen LogP contribution is -2.30. The highest BCUT2D eigenvalue weighted by Crippen LogP contribution is 2.02. The SMILES string of the molecule is O=C(O)CC(=O)NNc1ccccc1. The number of carboxylic acid groups (broad SMARTS) is 1. The second kappa shape index (κ2) is 4.86. The molecule has 0 heterocycles. The Labute approximate surface area is 80.7 Å². The van der Waals surface area contributed by atoms with E-state index in [-0.39, 0.29) is 0 Å². The Morgan fingerprint density at radius 2 is 1.86 bits per heavy atom. The first-order valence-electron chi connectivity index (χ1n) is 4.00. The average molecular weight is 194 g/mol. The van der Waals surface area contributed by atoms with Crippen LogP contribution in [0.4, 0.5) is 5.69 Å². The molecule has 0 aliphatic rings. The summed E-state index contributed by atoms with van der Waals surface area (Å²) in [5.41, 5.74) is 5.55. The van der Waals surface area contributed by atoms with Crippen LogP contribution in [0.25, 0.3) is 0 Å². The number of carbonyl (C=O) groups excluding carboxylic acids is 1. The number of benzene rings is 1. The minimum Gasteiger partial charge on any atom is -0.481 e. The standard InChI is InChI=1S/C9H10N2O3/c12-8(6-9(13)14)11-10-7-4-2-1-3-5-7/h1-5,10H,6H2,(H,11,12)(H,13,14). The highest BCUT2D eigenvalue weighted by atomic mass is 16.4. The number of amides is 1. The van der Waals surface area contributed by atoms with Gasteiger partial charge in [0.1, 0.15) is 6.42 Å². The number of carboxylic acids is 1. The molecule has 0 bridgehead atoms. The number of para-hydroxylation sites is 1. The predicted molar refractivity (Wildman–Crippen MR) is 50.5 cm³/mol. The molecule has 0 saturated heterocycles. The first kappa shape index (κ1) is 10.0. The van der Waals surface area contributed by atoms with Crippen LogP contribution in [0.1, 0.15) is 6.42 Å². The zero-order chi connectivity index (χ0) is 10.4. The van der Waals surface area contributed by atoms with Gasteiger partial charge < -0.3 is 5.11 Å². The Balaban J connectivity index is 2.34. The first-order valence-corrected chi connectivity index (χ1v) is 4.00. The van der Waals surface area contributed by atoms with Gasteiger partial charge in [0.15, 0.2) is 0 Å². The fourth-order valence-corrected chi connectivity index (χ4v) is 0.845. The third-order valence-corrected chi connectivity index (χ3v) is 1.43. The molecule has 0 spiro atoms. The average Bonchev–Trinajstić information content (AvgIpc) is 2.15. The summed E-state index contributed by atoms with van der Waals surface area (Å²) < 4.78 is 0. The Kier molecular flexibility index (Phi) is 3.49. The summed E-state index contributed by atoms with van der Waals surface area (Å²) in [6, 6.07) is 8.93. The number of aliphatic carboxylic acids is 1. The van der Waals surface area contributed by atoms with Crippen LogP contribution in [0.15, 0.2) is 30.3 Å². The van der Waals surface area contributed by atoms with E-state index in [9.17, 15) is 9.59 Å². The van der Waals surface area contributed by atoms with E-state index in [0.717, 1.165) is 0 Å². The fourth-order valence-electron chi connectivity index (χ4n) is 0.845. The molecule has 1 amide bonds. The van der Waals surface area contributed by atoms with Crippen molar-refractivity contribution in [1.29, 1.82) is 0 Å². The lowest BCUT2D eigenvalue weighted by molar-refractivity contribution is -0.140. The van der Waals surface area contributed by atoms with E-state index in [2.05, 4.69) is 10.9 Å². The van der Waals surface area contributed by atoms with Gasteiger partial charge in [-0.05, 0) is 12.1 Å². The normalized spacial score (nSPS) is 9.14. The molecule has 0 atom stereocenters. The summed E-state index contributed by atoms with van der Waals surface area (Å²) in [4.78, 5) is 21.0. The quantitative estimate of drug-likeness (QED) is 0.484. The highest BCUT2D eigenvalue weighted by Gasteiger charge is 2.05. The second-order valence-electron chi connectivity index (χ2n) is 2.61.